The van der Waals surface area contributed by atoms with E-state index in [1.54, 1.807) is 6.92 Å². The smallest absolute Gasteiger partial charge is 0.264 e. The molecule has 1 unspecified atom stereocenters. The molecule has 0 spiro atoms. The number of benzene rings is 1. The zero-order chi connectivity index (χ0) is 14.7. The summed E-state index contributed by atoms with van der Waals surface area (Å²) < 4.78 is 10.8. The summed E-state index contributed by atoms with van der Waals surface area (Å²) in [6.45, 7) is 7.94. The highest BCUT2D eigenvalue weighted by atomic mass is 16.5. The Morgan fingerprint density at radius 1 is 1.30 bits per heavy atom. The highest BCUT2D eigenvalue weighted by Gasteiger charge is 2.11. The van der Waals surface area contributed by atoms with Crippen LogP contribution in [0.25, 0.3) is 0 Å². The van der Waals surface area contributed by atoms with Gasteiger partial charge >= 0.3 is 0 Å². The molecule has 0 radical (unpaired) electrons. The number of aliphatic hydroxyl groups is 1. The first-order chi connectivity index (χ1) is 9.47. The van der Waals surface area contributed by atoms with E-state index in [9.17, 15) is 5.11 Å². The van der Waals surface area contributed by atoms with Crippen LogP contribution in [0.1, 0.15) is 55.6 Å². The van der Waals surface area contributed by atoms with Gasteiger partial charge in [0.05, 0.1) is 6.10 Å². The Bertz CT molecular complexity index is 576. The van der Waals surface area contributed by atoms with E-state index in [4.69, 9.17) is 9.26 Å². The molecule has 1 aromatic heterocycles. The van der Waals surface area contributed by atoms with Gasteiger partial charge in [0.15, 0.2) is 12.4 Å². The summed E-state index contributed by atoms with van der Waals surface area (Å²) in [5, 5.41) is 13.4. The van der Waals surface area contributed by atoms with Crippen molar-refractivity contribution in [2.75, 3.05) is 0 Å². The molecule has 5 nitrogen and oxygen atoms in total. The summed E-state index contributed by atoms with van der Waals surface area (Å²) in [5.41, 5.74) is 1.83. The van der Waals surface area contributed by atoms with Crippen molar-refractivity contribution in [3.63, 3.8) is 0 Å². The summed E-state index contributed by atoms with van der Waals surface area (Å²) in [6.07, 6.45) is -0.479. The Labute approximate surface area is 118 Å². The summed E-state index contributed by atoms with van der Waals surface area (Å²) in [4.78, 5) is 4.26. The van der Waals surface area contributed by atoms with E-state index in [2.05, 4.69) is 10.1 Å². The maximum absolute atomic E-state index is 9.53. The molecular weight excluding hydrogens is 256 g/mol. The number of hydrogen-bond acceptors (Lipinski definition) is 5. The van der Waals surface area contributed by atoms with E-state index in [0.29, 0.717) is 11.7 Å². The molecule has 2 aromatic rings. The topological polar surface area (TPSA) is 68.4 Å². The molecule has 0 aliphatic carbocycles. The maximum Gasteiger partial charge on any atom is 0.264 e. The van der Waals surface area contributed by atoms with Crippen molar-refractivity contribution in [3.05, 3.63) is 41.0 Å². The maximum atomic E-state index is 9.53. The molecule has 0 bridgehead atoms. The van der Waals surface area contributed by atoms with Crippen molar-refractivity contribution in [2.24, 2.45) is 0 Å². The average Bonchev–Trinajstić information content (AvgIpc) is 2.86. The van der Waals surface area contributed by atoms with Gasteiger partial charge in [-0.3, -0.25) is 0 Å². The standard InChI is InChI=1S/C15H20N2O3/c1-9(2)15-16-14(20-17-15)8-19-13-6-5-12(11(4)18)7-10(13)3/h5-7,9,11,18H,8H2,1-4H3. The summed E-state index contributed by atoms with van der Waals surface area (Å²) >= 11 is 0. The van der Waals surface area contributed by atoms with Crippen LogP contribution in [-0.4, -0.2) is 15.2 Å². The second-order valence-corrected chi connectivity index (χ2v) is 5.19. The van der Waals surface area contributed by atoms with Gasteiger partial charge in [0.25, 0.3) is 5.89 Å². The van der Waals surface area contributed by atoms with Gasteiger partial charge in [-0.15, -0.1) is 0 Å². The Morgan fingerprint density at radius 3 is 2.60 bits per heavy atom. The van der Waals surface area contributed by atoms with Gasteiger partial charge in [-0.05, 0) is 37.1 Å². The first-order valence-corrected chi connectivity index (χ1v) is 6.71. The second-order valence-electron chi connectivity index (χ2n) is 5.19. The lowest BCUT2D eigenvalue weighted by molar-refractivity contribution is 0.198. The monoisotopic (exact) mass is 276 g/mol. The largest absolute Gasteiger partial charge is 0.483 e. The molecule has 1 N–H and O–H groups in total. The molecule has 1 heterocycles. The summed E-state index contributed by atoms with van der Waals surface area (Å²) in [5.74, 6) is 2.13. The van der Waals surface area contributed by atoms with Crippen LogP contribution in [0, 0.1) is 6.92 Å². The lowest BCUT2D eigenvalue weighted by Gasteiger charge is -2.10. The highest BCUT2D eigenvalue weighted by Crippen LogP contribution is 2.23. The average molecular weight is 276 g/mol. The van der Waals surface area contributed by atoms with Crippen LogP contribution in [0.3, 0.4) is 0 Å². The van der Waals surface area contributed by atoms with Crippen LogP contribution in [-0.2, 0) is 6.61 Å². The number of ether oxygens (including phenoxy) is 1. The Kier molecular flexibility index (Phi) is 4.39. The Balaban J connectivity index is 2.03. The number of aryl methyl sites for hydroxylation is 1. The van der Waals surface area contributed by atoms with Crippen molar-refractivity contribution in [2.45, 2.75) is 46.3 Å². The van der Waals surface area contributed by atoms with Crippen molar-refractivity contribution >= 4 is 0 Å². The van der Waals surface area contributed by atoms with E-state index in [1.165, 1.54) is 0 Å². The van der Waals surface area contributed by atoms with E-state index in [-0.39, 0.29) is 12.5 Å². The first-order valence-electron chi connectivity index (χ1n) is 6.71. The minimum absolute atomic E-state index is 0.236. The van der Waals surface area contributed by atoms with E-state index in [1.807, 2.05) is 39.0 Å². The molecular formula is C15H20N2O3. The number of hydrogen-bond donors (Lipinski definition) is 1. The second kappa shape index (κ2) is 6.05. The summed E-state index contributed by atoms with van der Waals surface area (Å²) in [6, 6.07) is 5.60. The number of aliphatic hydroxyl groups excluding tert-OH is 1. The van der Waals surface area contributed by atoms with Crippen LogP contribution in [0.4, 0.5) is 0 Å². The quantitative estimate of drug-likeness (QED) is 0.908. The third-order valence-corrected chi connectivity index (χ3v) is 3.03. The molecule has 0 amide bonds. The van der Waals surface area contributed by atoms with Gasteiger partial charge in [-0.2, -0.15) is 4.98 Å². The molecule has 0 aliphatic heterocycles. The molecule has 1 atom stereocenters. The molecule has 1 aromatic carbocycles. The first kappa shape index (κ1) is 14.5. The van der Waals surface area contributed by atoms with Crippen LogP contribution in [0.15, 0.2) is 22.7 Å². The lowest BCUT2D eigenvalue weighted by Crippen LogP contribution is -1.99. The van der Waals surface area contributed by atoms with Crippen LogP contribution in [0.5, 0.6) is 5.75 Å². The lowest BCUT2D eigenvalue weighted by atomic mass is 10.1. The van der Waals surface area contributed by atoms with Gasteiger partial charge in [0.1, 0.15) is 5.75 Å². The van der Waals surface area contributed by atoms with E-state index in [0.717, 1.165) is 16.9 Å². The molecule has 20 heavy (non-hydrogen) atoms. The molecule has 108 valence electrons. The van der Waals surface area contributed by atoms with Crippen molar-refractivity contribution in [1.82, 2.24) is 10.1 Å². The van der Waals surface area contributed by atoms with Crippen LogP contribution < -0.4 is 4.74 Å². The van der Waals surface area contributed by atoms with Crippen molar-refractivity contribution < 1.29 is 14.4 Å². The zero-order valence-electron chi connectivity index (χ0n) is 12.3. The zero-order valence-corrected chi connectivity index (χ0v) is 12.3. The molecule has 2 rings (SSSR count). The van der Waals surface area contributed by atoms with Gasteiger partial charge in [0, 0.05) is 5.92 Å². The van der Waals surface area contributed by atoms with Gasteiger partial charge < -0.3 is 14.4 Å². The van der Waals surface area contributed by atoms with E-state index < -0.39 is 6.10 Å². The molecule has 0 fully saturated rings. The molecule has 0 saturated heterocycles. The predicted octanol–water partition coefficient (Wildman–Crippen LogP) is 3.13. The fourth-order valence-corrected chi connectivity index (χ4v) is 1.80. The van der Waals surface area contributed by atoms with Gasteiger partial charge in [-0.25, -0.2) is 0 Å². The number of aromatic nitrogens is 2. The third kappa shape index (κ3) is 3.36. The minimum Gasteiger partial charge on any atom is -0.483 e. The van der Waals surface area contributed by atoms with Crippen LogP contribution >= 0.6 is 0 Å². The molecule has 5 heteroatoms. The number of nitrogens with zero attached hydrogens (tertiary/aromatic N) is 2. The molecule has 0 aliphatic rings. The fourth-order valence-electron chi connectivity index (χ4n) is 1.80. The number of rotatable bonds is 5. The van der Waals surface area contributed by atoms with Crippen LogP contribution in [0.2, 0.25) is 0 Å². The van der Waals surface area contributed by atoms with Gasteiger partial charge in [-0.1, -0.05) is 25.1 Å². The van der Waals surface area contributed by atoms with E-state index >= 15 is 0 Å². The Hall–Kier alpha value is -1.88. The third-order valence-electron chi connectivity index (χ3n) is 3.03. The predicted molar refractivity (Wildman–Crippen MR) is 74.5 cm³/mol. The molecule has 0 saturated carbocycles. The fraction of sp³-hybridized carbons (Fsp3) is 0.467. The Morgan fingerprint density at radius 2 is 2.05 bits per heavy atom. The van der Waals surface area contributed by atoms with Crippen molar-refractivity contribution in [1.29, 1.82) is 0 Å². The minimum atomic E-state index is -0.479. The van der Waals surface area contributed by atoms with Crippen molar-refractivity contribution in [3.8, 4) is 5.75 Å². The van der Waals surface area contributed by atoms with Gasteiger partial charge in [0.2, 0.25) is 0 Å². The highest BCUT2D eigenvalue weighted by molar-refractivity contribution is 5.36. The summed E-state index contributed by atoms with van der Waals surface area (Å²) in [7, 11) is 0. The normalized spacial score (nSPS) is 12.7. The SMILES string of the molecule is Cc1cc(C(C)O)ccc1OCc1nc(C(C)C)no1.